The van der Waals surface area contributed by atoms with E-state index < -0.39 is 60.2 Å². The van der Waals surface area contributed by atoms with Gasteiger partial charge in [-0.05, 0) is 96.8 Å². The van der Waals surface area contributed by atoms with Gasteiger partial charge in [0.15, 0.2) is 12.2 Å². The second-order valence-electron chi connectivity index (χ2n) is 14.7. The molecule has 1 aliphatic rings. The van der Waals surface area contributed by atoms with E-state index in [4.69, 9.17) is 28.4 Å². The fourth-order valence-corrected chi connectivity index (χ4v) is 7.33. The predicted molar refractivity (Wildman–Crippen MR) is 229 cm³/mol. The lowest BCUT2D eigenvalue weighted by Crippen LogP contribution is -2.68. The van der Waals surface area contributed by atoms with Crippen LogP contribution in [-0.2, 0) is 42.4 Å². The Bertz CT molecular complexity index is 2520. The van der Waals surface area contributed by atoms with Crippen molar-refractivity contribution in [1.82, 2.24) is 0 Å². The maximum Gasteiger partial charge on any atom is 0.338 e. The standard InChI is InChI=1S/C50H43NO12/c1-32(59-46(52)35-15-7-3-8-16-35)42-43(60-47(53)36-17-9-4-10-18-36)44(61-48(54)37-19-11-5-12-20-37)45(62-49(55)38-21-13-6-14-22-38)50(56,63-42)41-30-34(31-51-57)23-26-39(41)29-33-24-27-40(58-2)28-25-33/h3-28,30,32,42-45,56H,29,31H2,1-2H3/t32-,42+,43+,44-,45+,50+/m0/s1. The van der Waals surface area contributed by atoms with E-state index in [1.807, 2.05) is 12.1 Å². The van der Waals surface area contributed by atoms with Crippen LogP contribution in [-0.4, -0.2) is 66.6 Å². The lowest BCUT2D eigenvalue weighted by Gasteiger charge is -2.50. The number of hydrogen-bond donors (Lipinski definition) is 1. The maximum absolute atomic E-state index is 14.2. The van der Waals surface area contributed by atoms with E-state index in [2.05, 4.69) is 5.18 Å². The molecule has 0 spiro atoms. The summed E-state index contributed by atoms with van der Waals surface area (Å²) in [5.41, 5.74) is 1.96. The molecular formula is C50H43NO12. The third-order valence-corrected chi connectivity index (χ3v) is 10.5. The molecule has 63 heavy (non-hydrogen) atoms. The Morgan fingerprint density at radius 2 is 1.08 bits per heavy atom. The van der Waals surface area contributed by atoms with Crippen molar-refractivity contribution < 1.29 is 52.7 Å². The first-order chi connectivity index (χ1) is 30.6. The second kappa shape index (κ2) is 19.9. The van der Waals surface area contributed by atoms with E-state index in [1.165, 1.54) is 49.4 Å². The molecule has 0 aliphatic carbocycles. The molecule has 6 aromatic carbocycles. The first-order valence-electron chi connectivity index (χ1n) is 20.1. The first-order valence-corrected chi connectivity index (χ1v) is 20.1. The van der Waals surface area contributed by atoms with Gasteiger partial charge in [-0.2, -0.15) is 4.91 Å². The summed E-state index contributed by atoms with van der Waals surface area (Å²) < 4.78 is 36.8. The van der Waals surface area contributed by atoms with Gasteiger partial charge in [-0.25, -0.2) is 19.2 Å². The summed E-state index contributed by atoms with van der Waals surface area (Å²) in [5.74, 6) is -5.75. The highest BCUT2D eigenvalue weighted by Crippen LogP contribution is 2.44. The van der Waals surface area contributed by atoms with Crippen LogP contribution in [0.15, 0.2) is 169 Å². The van der Waals surface area contributed by atoms with Crippen LogP contribution in [0.1, 0.15) is 70.6 Å². The Kier molecular flexibility index (Phi) is 13.8. The van der Waals surface area contributed by atoms with Crippen molar-refractivity contribution >= 4 is 23.9 Å². The average Bonchev–Trinajstić information content (AvgIpc) is 3.32. The Morgan fingerprint density at radius 3 is 1.57 bits per heavy atom. The highest BCUT2D eigenvalue weighted by atomic mass is 16.7. The molecular weight excluding hydrogens is 807 g/mol. The molecule has 1 fully saturated rings. The van der Waals surface area contributed by atoms with Crippen LogP contribution in [0, 0.1) is 4.91 Å². The van der Waals surface area contributed by atoms with E-state index in [0.717, 1.165) is 5.56 Å². The molecule has 6 atom stereocenters. The van der Waals surface area contributed by atoms with Gasteiger partial charge >= 0.3 is 23.9 Å². The molecule has 1 saturated heterocycles. The number of hydrogen-bond acceptors (Lipinski definition) is 13. The summed E-state index contributed by atoms with van der Waals surface area (Å²) in [7, 11) is 1.54. The summed E-state index contributed by atoms with van der Waals surface area (Å²) >= 11 is 0. The molecule has 0 unspecified atom stereocenters. The molecule has 320 valence electrons. The third kappa shape index (κ3) is 10.2. The number of aliphatic hydroxyl groups is 1. The minimum absolute atomic E-state index is 0.00879. The van der Waals surface area contributed by atoms with Gasteiger partial charge in [-0.3, -0.25) is 0 Å². The van der Waals surface area contributed by atoms with E-state index >= 15 is 0 Å². The van der Waals surface area contributed by atoms with Gasteiger partial charge in [-0.1, -0.05) is 102 Å². The molecule has 13 nitrogen and oxygen atoms in total. The van der Waals surface area contributed by atoms with Crippen LogP contribution in [0.3, 0.4) is 0 Å². The van der Waals surface area contributed by atoms with Crippen LogP contribution in [0.4, 0.5) is 0 Å². The molecule has 0 aromatic heterocycles. The van der Waals surface area contributed by atoms with Gasteiger partial charge in [0.25, 0.3) is 0 Å². The number of rotatable bonds is 15. The van der Waals surface area contributed by atoms with Crippen molar-refractivity contribution in [3.63, 3.8) is 0 Å². The Morgan fingerprint density at radius 1 is 0.619 bits per heavy atom. The Hall–Kier alpha value is -7.48. The number of methoxy groups -OCH3 is 1. The molecule has 1 aliphatic heterocycles. The SMILES string of the molecule is COc1ccc(Cc2ccc(CN=O)cc2[C@@]2(O)O[C@H]([C@H](C)OC(=O)c3ccccc3)[C@@H](OC(=O)c3ccccc3)[C@H](OC(=O)c3ccccc3)[C@H]2OC(=O)c2ccccc2)cc1. The number of carbonyl (C=O) groups is 4. The van der Waals surface area contributed by atoms with Crippen LogP contribution in [0.2, 0.25) is 0 Å². The quantitative estimate of drug-likeness (QED) is 0.0600. The van der Waals surface area contributed by atoms with Crippen LogP contribution >= 0.6 is 0 Å². The maximum atomic E-state index is 14.2. The van der Waals surface area contributed by atoms with Crippen molar-refractivity contribution in [3.05, 3.63) is 213 Å². The van der Waals surface area contributed by atoms with Crippen LogP contribution in [0.5, 0.6) is 5.75 Å². The monoisotopic (exact) mass is 849 g/mol. The molecule has 0 bridgehead atoms. The van der Waals surface area contributed by atoms with Crippen LogP contribution < -0.4 is 4.74 Å². The zero-order valence-electron chi connectivity index (χ0n) is 34.3. The van der Waals surface area contributed by atoms with Gasteiger partial charge in [0.1, 0.15) is 24.5 Å². The molecule has 7 rings (SSSR count). The summed E-state index contributed by atoms with van der Waals surface area (Å²) in [6.45, 7) is 1.14. The van der Waals surface area contributed by atoms with Crippen molar-refractivity contribution in [2.45, 2.75) is 56.2 Å². The average molecular weight is 850 g/mol. The molecule has 1 N–H and O–H groups in total. The molecule has 0 radical (unpaired) electrons. The van der Waals surface area contributed by atoms with Gasteiger partial charge in [0.2, 0.25) is 11.9 Å². The zero-order valence-corrected chi connectivity index (χ0v) is 34.3. The molecule has 1 heterocycles. The van der Waals surface area contributed by atoms with Crippen molar-refractivity contribution in [2.24, 2.45) is 5.18 Å². The fourth-order valence-electron chi connectivity index (χ4n) is 7.33. The minimum Gasteiger partial charge on any atom is -0.497 e. The highest BCUT2D eigenvalue weighted by molar-refractivity contribution is 5.91. The molecule has 0 amide bonds. The van der Waals surface area contributed by atoms with Gasteiger partial charge < -0.3 is 33.5 Å². The summed E-state index contributed by atoms with van der Waals surface area (Å²) in [6, 6.07) is 43.8. The number of benzene rings is 6. The summed E-state index contributed by atoms with van der Waals surface area (Å²) in [5, 5.41) is 16.6. The number of carbonyl (C=O) groups excluding carboxylic acids is 4. The van der Waals surface area contributed by atoms with Crippen LogP contribution in [0.25, 0.3) is 0 Å². The largest absolute Gasteiger partial charge is 0.497 e. The highest BCUT2D eigenvalue weighted by Gasteiger charge is 2.62. The molecule has 0 saturated carbocycles. The lowest BCUT2D eigenvalue weighted by molar-refractivity contribution is -0.360. The number of ether oxygens (including phenoxy) is 6. The Labute approximate surface area is 363 Å². The molecule has 6 aromatic rings. The van der Waals surface area contributed by atoms with Crippen molar-refractivity contribution in [3.8, 4) is 5.75 Å². The summed E-state index contributed by atoms with van der Waals surface area (Å²) in [6.07, 6.45) is -8.41. The smallest absolute Gasteiger partial charge is 0.338 e. The number of esters is 4. The topological polar surface area (TPSA) is 173 Å². The number of nitrogens with zero attached hydrogens (tertiary/aromatic N) is 1. The normalized spacial score (nSPS) is 19.7. The lowest BCUT2D eigenvalue weighted by atomic mass is 9.82. The summed E-state index contributed by atoms with van der Waals surface area (Å²) in [4.78, 5) is 67.9. The molecule has 13 heteroatoms. The van der Waals surface area contributed by atoms with E-state index in [-0.39, 0.29) is 40.8 Å². The zero-order chi connectivity index (χ0) is 44.3. The van der Waals surface area contributed by atoms with Crippen molar-refractivity contribution in [2.75, 3.05) is 7.11 Å². The van der Waals surface area contributed by atoms with Crippen molar-refractivity contribution in [1.29, 1.82) is 0 Å². The van der Waals surface area contributed by atoms with Gasteiger partial charge in [0, 0.05) is 5.56 Å². The fraction of sp³-hybridized carbons (Fsp3) is 0.200. The Balaban J connectivity index is 1.44. The number of nitroso groups, excluding NO2 is 1. The van der Waals surface area contributed by atoms with E-state index in [9.17, 15) is 29.2 Å². The third-order valence-electron chi connectivity index (χ3n) is 10.5. The van der Waals surface area contributed by atoms with Gasteiger partial charge in [-0.15, -0.1) is 0 Å². The van der Waals surface area contributed by atoms with E-state index in [1.54, 1.807) is 116 Å². The van der Waals surface area contributed by atoms with Gasteiger partial charge in [0.05, 0.1) is 29.4 Å². The second-order valence-corrected chi connectivity index (χ2v) is 14.7. The predicted octanol–water partition coefficient (Wildman–Crippen LogP) is 8.02. The minimum atomic E-state index is -2.79. The van der Waals surface area contributed by atoms with E-state index in [0.29, 0.717) is 16.9 Å². The first kappa shape index (κ1) is 43.6.